The molecule has 0 aliphatic rings. The summed E-state index contributed by atoms with van der Waals surface area (Å²) >= 11 is 1.27. The molecule has 1 aromatic carbocycles. The summed E-state index contributed by atoms with van der Waals surface area (Å²) in [7, 11) is 3.15. The molecule has 2 heterocycles. The van der Waals surface area contributed by atoms with Gasteiger partial charge in [0, 0.05) is 11.5 Å². The molecule has 0 bridgehead atoms. The first-order valence-electron chi connectivity index (χ1n) is 7.29. The molecule has 24 heavy (non-hydrogen) atoms. The van der Waals surface area contributed by atoms with E-state index in [4.69, 9.17) is 9.47 Å². The van der Waals surface area contributed by atoms with Gasteiger partial charge < -0.3 is 14.8 Å². The Balaban J connectivity index is 1.98. The van der Waals surface area contributed by atoms with Gasteiger partial charge in [-0.05, 0) is 18.2 Å². The molecule has 3 aromatic rings. The Morgan fingerprint density at radius 1 is 1.21 bits per heavy atom. The first-order chi connectivity index (χ1) is 11.5. The van der Waals surface area contributed by atoms with Crippen LogP contribution in [0.1, 0.15) is 13.8 Å². The molecule has 0 saturated heterocycles. The van der Waals surface area contributed by atoms with Crippen LogP contribution in [0.4, 0.5) is 5.13 Å². The molecule has 0 unspecified atom stereocenters. The molecular weight excluding hydrogens is 330 g/mol. The second-order valence-electron chi connectivity index (χ2n) is 5.34. The highest BCUT2D eigenvalue weighted by Crippen LogP contribution is 2.32. The topological polar surface area (TPSA) is 90.6 Å². The number of ether oxygens (including phenoxy) is 2. The number of hydrogen-bond acceptors (Lipinski definition) is 7. The molecule has 126 valence electrons. The Morgan fingerprint density at radius 2 is 1.96 bits per heavy atom. The highest BCUT2D eigenvalue weighted by atomic mass is 32.1. The van der Waals surface area contributed by atoms with Crippen LogP contribution < -0.4 is 14.8 Å². The van der Waals surface area contributed by atoms with E-state index in [9.17, 15) is 4.79 Å². The smallest absolute Gasteiger partial charge is 0.236 e. The third-order valence-electron chi connectivity index (χ3n) is 3.39. The Hall–Kier alpha value is -2.68. The number of fused-ring (bicyclic) bond motifs is 1. The van der Waals surface area contributed by atoms with Crippen molar-refractivity contribution in [3.05, 3.63) is 18.2 Å². The number of carbonyl (C=O) groups excluding carboxylic acids is 1. The third-order valence-corrected chi connectivity index (χ3v) is 4.20. The van der Waals surface area contributed by atoms with Gasteiger partial charge in [-0.15, -0.1) is 15.3 Å². The summed E-state index contributed by atoms with van der Waals surface area (Å²) in [5.74, 6) is 1.57. The summed E-state index contributed by atoms with van der Waals surface area (Å²) in [6, 6.07) is 5.45. The van der Waals surface area contributed by atoms with Gasteiger partial charge in [-0.2, -0.15) is 4.52 Å². The molecule has 0 spiro atoms. The molecule has 0 aliphatic carbocycles. The molecule has 3 rings (SSSR count). The summed E-state index contributed by atoms with van der Waals surface area (Å²) < 4.78 is 12.2. The zero-order valence-electron chi connectivity index (χ0n) is 13.7. The van der Waals surface area contributed by atoms with Crippen LogP contribution in [0.2, 0.25) is 0 Å². The highest BCUT2D eigenvalue weighted by Gasteiger charge is 2.17. The Bertz CT molecular complexity index is 886. The quantitative estimate of drug-likeness (QED) is 0.762. The van der Waals surface area contributed by atoms with Crippen molar-refractivity contribution < 1.29 is 14.3 Å². The molecule has 2 aromatic heterocycles. The van der Waals surface area contributed by atoms with Crippen molar-refractivity contribution in [1.82, 2.24) is 19.8 Å². The fraction of sp³-hybridized carbons (Fsp3) is 0.333. The van der Waals surface area contributed by atoms with Crippen molar-refractivity contribution >= 4 is 27.3 Å². The predicted octanol–water partition coefficient (Wildman–Crippen LogP) is 2.46. The summed E-state index contributed by atoms with van der Waals surface area (Å²) in [6.07, 6.45) is 0. The van der Waals surface area contributed by atoms with Gasteiger partial charge in [0.1, 0.15) is 0 Å². The highest BCUT2D eigenvalue weighted by molar-refractivity contribution is 7.20. The Kier molecular flexibility index (Phi) is 4.34. The number of rotatable bonds is 5. The van der Waals surface area contributed by atoms with E-state index in [0.29, 0.717) is 27.4 Å². The van der Waals surface area contributed by atoms with E-state index in [1.807, 2.05) is 19.9 Å². The molecule has 8 nitrogen and oxygen atoms in total. The second kappa shape index (κ2) is 6.44. The van der Waals surface area contributed by atoms with Gasteiger partial charge in [0.25, 0.3) is 0 Å². The van der Waals surface area contributed by atoms with Crippen LogP contribution in [0.15, 0.2) is 18.2 Å². The van der Waals surface area contributed by atoms with Crippen LogP contribution in [0.25, 0.3) is 16.3 Å². The lowest BCUT2D eigenvalue weighted by molar-refractivity contribution is -0.118. The maximum atomic E-state index is 11.8. The van der Waals surface area contributed by atoms with E-state index < -0.39 is 0 Å². The fourth-order valence-corrected chi connectivity index (χ4v) is 2.81. The molecule has 0 aliphatic heterocycles. The van der Waals surface area contributed by atoms with Crippen molar-refractivity contribution in [2.75, 3.05) is 19.5 Å². The minimum atomic E-state index is -0.121. The number of amides is 1. The van der Waals surface area contributed by atoms with Crippen LogP contribution in [-0.4, -0.2) is 39.9 Å². The number of anilines is 1. The lowest BCUT2D eigenvalue weighted by atomic mass is 10.2. The Labute approximate surface area is 142 Å². The van der Waals surface area contributed by atoms with Crippen LogP contribution in [0, 0.1) is 5.92 Å². The average Bonchev–Trinajstić information content (AvgIpc) is 3.13. The first-order valence-corrected chi connectivity index (χ1v) is 8.10. The van der Waals surface area contributed by atoms with E-state index in [1.165, 1.54) is 11.3 Å². The van der Waals surface area contributed by atoms with Crippen molar-refractivity contribution in [2.24, 2.45) is 5.92 Å². The second-order valence-corrected chi connectivity index (χ2v) is 6.29. The largest absolute Gasteiger partial charge is 0.493 e. The van der Waals surface area contributed by atoms with Crippen LogP contribution >= 0.6 is 11.3 Å². The normalized spacial score (nSPS) is 11.0. The van der Waals surface area contributed by atoms with E-state index in [1.54, 1.807) is 30.9 Å². The third kappa shape index (κ3) is 2.90. The number of methoxy groups -OCH3 is 2. The summed E-state index contributed by atoms with van der Waals surface area (Å²) in [5, 5.41) is 15.9. The van der Waals surface area contributed by atoms with E-state index in [-0.39, 0.29) is 11.8 Å². The van der Waals surface area contributed by atoms with Crippen LogP contribution in [0.3, 0.4) is 0 Å². The average molecular weight is 347 g/mol. The van der Waals surface area contributed by atoms with Crippen molar-refractivity contribution in [3.8, 4) is 22.9 Å². The van der Waals surface area contributed by atoms with E-state index in [0.717, 1.165) is 5.56 Å². The van der Waals surface area contributed by atoms with E-state index >= 15 is 0 Å². The molecular formula is C15H17N5O3S. The zero-order chi connectivity index (χ0) is 17.3. The lowest BCUT2D eigenvalue weighted by Gasteiger charge is -2.08. The predicted molar refractivity (Wildman–Crippen MR) is 90.7 cm³/mol. The molecule has 1 N–H and O–H groups in total. The van der Waals surface area contributed by atoms with Gasteiger partial charge in [-0.25, -0.2) is 0 Å². The number of hydrogen-bond donors (Lipinski definition) is 1. The number of aromatic nitrogens is 4. The first kappa shape index (κ1) is 16.2. The van der Waals surface area contributed by atoms with Crippen LogP contribution in [0.5, 0.6) is 11.5 Å². The monoisotopic (exact) mass is 347 g/mol. The number of nitrogens with zero attached hydrogens (tertiary/aromatic N) is 4. The summed E-state index contributed by atoms with van der Waals surface area (Å²) in [6.45, 7) is 3.65. The maximum absolute atomic E-state index is 11.8. The lowest BCUT2D eigenvalue weighted by Crippen LogP contribution is -2.17. The maximum Gasteiger partial charge on any atom is 0.236 e. The minimum Gasteiger partial charge on any atom is -0.493 e. The van der Waals surface area contributed by atoms with Gasteiger partial charge in [0.05, 0.1) is 14.2 Å². The number of carbonyl (C=O) groups is 1. The van der Waals surface area contributed by atoms with Crippen LogP contribution in [-0.2, 0) is 4.79 Å². The zero-order valence-corrected chi connectivity index (χ0v) is 14.5. The molecule has 1 amide bonds. The SMILES string of the molecule is COc1ccc(-c2nnc3sc(NC(=O)C(C)C)nn23)cc1OC. The molecule has 0 fully saturated rings. The summed E-state index contributed by atoms with van der Waals surface area (Å²) in [4.78, 5) is 12.4. The minimum absolute atomic E-state index is 0.0902. The fourth-order valence-electron chi connectivity index (χ4n) is 2.07. The van der Waals surface area contributed by atoms with Gasteiger partial charge in [-0.1, -0.05) is 25.2 Å². The molecule has 0 radical (unpaired) electrons. The Morgan fingerprint density at radius 3 is 2.62 bits per heavy atom. The van der Waals surface area contributed by atoms with Gasteiger partial charge in [0.2, 0.25) is 16.0 Å². The number of benzene rings is 1. The standard InChI is InChI=1S/C15H17N5O3S/c1-8(2)13(21)16-14-19-20-12(17-18-15(20)24-14)9-5-6-10(22-3)11(7-9)23-4/h5-8H,1-4H3,(H,16,19,21). The van der Waals surface area contributed by atoms with Gasteiger partial charge >= 0.3 is 0 Å². The molecule has 0 atom stereocenters. The summed E-state index contributed by atoms with van der Waals surface area (Å²) in [5.41, 5.74) is 0.784. The van der Waals surface area contributed by atoms with Gasteiger partial charge in [-0.3, -0.25) is 4.79 Å². The van der Waals surface area contributed by atoms with Gasteiger partial charge in [0.15, 0.2) is 17.3 Å². The molecule has 9 heteroatoms. The number of nitrogens with one attached hydrogen (secondary N) is 1. The molecule has 0 saturated carbocycles. The van der Waals surface area contributed by atoms with E-state index in [2.05, 4.69) is 20.6 Å². The van der Waals surface area contributed by atoms with Crippen molar-refractivity contribution in [1.29, 1.82) is 0 Å². The van der Waals surface area contributed by atoms with Crippen molar-refractivity contribution in [3.63, 3.8) is 0 Å². The van der Waals surface area contributed by atoms with Crippen molar-refractivity contribution in [2.45, 2.75) is 13.8 Å².